The largest absolute Gasteiger partial charge is 0.459 e. The molecule has 0 radical (unpaired) electrons. The van der Waals surface area contributed by atoms with Crippen LogP contribution in [0.25, 0.3) is 0 Å². The van der Waals surface area contributed by atoms with Crippen molar-refractivity contribution in [1.29, 1.82) is 0 Å². The number of furan rings is 1. The first-order valence-electron chi connectivity index (χ1n) is 9.04. The number of aromatic nitrogens is 1. The van der Waals surface area contributed by atoms with E-state index < -0.39 is 5.60 Å². The predicted molar refractivity (Wildman–Crippen MR) is 97.1 cm³/mol. The fourth-order valence-corrected chi connectivity index (χ4v) is 3.71. The first-order chi connectivity index (χ1) is 13.1. The lowest BCUT2D eigenvalue weighted by molar-refractivity contribution is -0.123. The molecule has 0 aromatic carbocycles. The molecule has 142 valence electrons. The number of nitrogens with two attached hydrogens (primary N) is 1. The van der Waals surface area contributed by atoms with E-state index in [2.05, 4.69) is 4.98 Å². The molecule has 0 bridgehead atoms. The molecular weight excluding hydrogens is 348 g/mol. The maximum atomic E-state index is 12.8. The number of carbonyl (C=O) groups is 2. The van der Waals surface area contributed by atoms with Crippen LogP contribution >= 0.6 is 0 Å². The minimum atomic E-state index is -0.408. The number of carbonyl (C=O) groups excluding carboxylic acids is 2. The molecule has 0 aliphatic carbocycles. The normalized spacial score (nSPS) is 19.3. The number of likely N-dealkylation sites (tertiary alicyclic amines) is 1. The molecule has 2 aromatic rings. The van der Waals surface area contributed by atoms with Gasteiger partial charge in [-0.15, -0.1) is 0 Å². The molecule has 2 N–H and O–H groups in total. The van der Waals surface area contributed by atoms with E-state index in [0.29, 0.717) is 62.8 Å². The standard InChI is InChI=1S/C19H22N4O4/c20-16-4-3-14(12-21-16)17(24)23-9-11-27-19(13-23)5-7-22(8-6-19)18(25)15-2-1-10-26-15/h1-4,10,12H,5-9,11,13H2,(H2,20,21). The predicted octanol–water partition coefficient (Wildman–Crippen LogP) is 1.40. The Hall–Kier alpha value is -2.87. The number of pyridine rings is 1. The van der Waals surface area contributed by atoms with E-state index >= 15 is 0 Å². The molecule has 2 aliphatic heterocycles. The van der Waals surface area contributed by atoms with Crippen LogP contribution in [0.2, 0.25) is 0 Å². The van der Waals surface area contributed by atoms with Crippen LogP contribution in [0.5, 0.6) is 0 Å². The number of ether oxygens (including phenoxy) is 1. The van der Waals surface area contributed by atoms with Crippen molar-refractivity contribution in [2.45, 2.75) is 18.4 Å². The number of hydrogen-bond acceptors (Lipinski definition) is 6. The highest BCUT2D eigenvalue weighted by Gasteiger charge is 2.42. The molecule has 8 nitrogen and oxygen atoms in total. The Kier molecular flexibility index (Phi) is 4.57. The second kappa shape index (κ2) is 7.03. The van der Waals surface area contributed by atoms with Crippen LogP contribution in [0.15, 0.2) is 41.1 Å². The SMILES string of the molecule is Nc1ccc(C(=O)N2CCOC3(CCN(C(=O)c4ccco4)CC3)C2)cn1. The molecule has 2 aromatic heterocycles. The smallest absolute Gasteiger partial charge is 0.289 e. The summed E-state index contributed by atoms with van der Waals surface area (Å²) in [6, 6.07) is 6.70. The zero-order chi connectivity index (χ0) is 18.9. The van der Waals surface area contributed by atoms with Gasteiger partial charge in [0.2, 0.25) is 0 Å². The number of piperidine rings is 1. The Morgan fingerprint density at radius 2 is 1.89 bits per heavy atom. The maximum absolute atomic E-state index is 12.8. The highest BCUT2D eigenvalue weighted by molar-refractivity contribution is 5.94. The molecular formula is C19H22N4O4. The Balaban J connectivity index is 1.40. The van der Waals surface area contributed by atoms with Crippen LogP contribution < -0.4 is 5.73 Å². The number of hydrogen-bond donors (Lipinski definition) is 1. The zero-order valence-electron chi connectivity index (χ0n) is 15.0. The summed E-state index contributed by atoms with van der Waals surface area (Å²) in [6.45, 7) is 2.69. The Morgan fingerprint density at radius 3 is 2.56 bits per heavy atom. The lowest BCUT2D eigenvalue weighted by Gasteiger charge is -2.47. The van der Waals surface area contributed by atoms with Gasteiger partial charge in [0.05, 0.1) is 30.6 Å². The van der Waals surface area contributed by atoms with Gasteiger partial charge in [0.25, 0.3) is 11.8 Å². The summed E-state index contributed by atoms with van der Waals surface area (Å²) < 4.78 is 11.3. The molecule has 2 amide bonds. The monoisotopic (exact) mass is 370 g/mol. The van der Waals surface area contributed by atoms with Gasteiger partial charge in [0, 0.05) is 25.8 Å². The van der Waals surface area contributed by atoms with Gasteiger partial charge in [0.15, 0.2) is 5.76 Å². The van der Waals surface area contributed by atoms with Crippen LogP contribution in [0.1, 0.15) is 33.8 Å². The second-order valence-electron chi connectivity index (χ2n) is 7.00. The number of amides is 2. The van der Waals surface area contributed by atoms with Gasteiger partial charge in [0.1, 0.15) is 5.82 Å². The van der Waals surface area contributed by atoms with Gasteiger partial charge in [-0.1, -0.05) is 0 Å². The van der Waals surface area contributed by atoms with Gasteiger partial charge in [-0.2, -0.15) is 0 Å². The summed E-state index contributed by atoms with van der Waals surface area (Å²) in [5, 5.41) is 0. The first kappa shape index (κ1) is 17.5. The fraction of sp³-hybridized carbons (Fsp3) is 0.421. The maximum Gasteiger partial charge on any atom is 0.289 e. The van der Waals surface area contributed by atoms with Crippen molar-refractivity contribution in [3.8, 4) is 0 Å². The van der Waals surface area contributed by atoms with E-state index in [1.165, 1.54) is 12.5 Å². The third-order valence-corrected chi connectivity index (χ3v) is 5.26. The van der Waals surface area contributed by atoms with Crippen molar-refractivity contribution in [3.63, 3.8) is 0 Å². The highest BCUT2D eigenvalue weighted by Crippen LogP contribution is 2.31. The van der Waals surface area contributed by atoms with Gasteiger partial charge < -0.3 is 24.7 Å². The third-order valence-electron chi connectivity index (χ3n) is 5.26. The molecule has 27 heavy (non-hydrogen) atoms. The van der Waals surface area contributed by atoms with E-state index in [9.17, 15) is 9.59 Å². The summed E-state index contributed by atoms with van der Waals surface area (Å²) in [7, 11) is 0. The van der Waals surface area contributed by atoms with E-state index in [4.69, 9.17) is 14.9 Å². The summed E-state index contributed by atoms with van der Waals surface area (Å²) in [5.41, 5.74) is 5.71. The Morgan fingerprint density at radius 1 is 1.07 bits per heavy atom. The van der Waals surface area contributed by atoms with Gasteiger partial charge in [-0.25, -0.2) is 4.98 Å². The molecule has 0 saturated carbocycles. The van der Waals surface area contributed by atoms with Gasteiger partial charge in [-0.05, 0) is 37.1 Å². The number of nitrogen functional groups attached to an aromatic ring is 1. The summed E-state index contributed by atoms with van der Waals surface area (Å²) in [5.74, 6) is 0.563. The fourth-order valence-electron chi connectivity index (χ4n) is 3.71. The van der Waals surface area contributed by atoms with Crippen molar-refractivity contribution in [1.82, 2.24) is 14.8 Å². The van der Waals surface area contributed by atoms with Gasteiger partial charge in [-0.3, -0.25) is 9.59 Å². The van der Waals surface area contributed by atoms with Crippen LogP contribution in [0.4, 0.5) is 5.82 Å². The third kappa shape index (κ3) is 3.52. The average molecular weight is 370 g/mol. The topological polar surface area (TPSA) is 102 Å². The van der Waals surface area contributed by atoms with Crippen molar-refractivity contribution >= 4 is 17.6 Å². The van der Waals surface area contributed by atoms with Crippen molar-refractivity contribution < 1.29 is 18.7 Å². The molecule has 0 unspecified atom stereocenters. The molecule has 4 heterocycles. The molecule has 2 saturated heterocycles. The molecule has 2 aliphatic rings. The van der Waals surface area contributed by atoms with Crippen LogP contribution in [-0.2, 0) is 4.74 Å². The van der Waals surface area contributed by atoms with Crippen LogP contribution in [0.3, 0.4) is 0 Å². The van der Waals surface area contributed by atoms with E-state index in [1.54, 1.807) is 34.1 Å². The lowest BCUT2D eigenvalue weighted by atomic mass is 9.89. The van der Waals surface area contributed by atoms with Crippen molar-refractivity contribution in [2.75, 3.05) is 38.5 Å². The van der Waals surface area contributed by atoms with Crippen LogP contribution in [-0.4, -0.2) is 65.0 Å². The minimum Gasteiger partial charge on any atom is -0.459 e. The molecule has 0 atom stereocenters. The molecule has 1 spiro atoms. The summed E-state index contributed by atoms with van der Waals surface area (Å²) in [4.78, 5) is 32.8. The van der Waals surface area contributed by atoms with E-state index in [1.807, 2.05) is 0 Å². The quantitative estimate of drug-likeness (QED) is 0.857. The average Bonchev–Trinajstić information content (AvgIpc) is 3.23. The number of morpholine rings is 1. The highest BCUT2D eigenvalue weighted by atomic mass is 16.5. The molecule has 2 fully saturated rings. The van der Waals surface area contributed by atoms with Crippen molar-refractivity contribution in [3.05, 3.63) is 48.0 Å². The number of rotatable bonds is 2. The lowest BCUT2D eigenvalue weighted by Crippen LogP contribution is -2.58. The van der Waals surface area contributed by atoms with Crippen LogP contribution in [0, 0.1) is 0 Å². The summed E-state index contributed by atoms with van der Waals surface area (Å²) in [6.07, 6.45) is 4.37. The zero-order valence-corrected chi connectivity index (χ0v) is 15.0. The molecule has 8 heteroatoms. The Labute approximate surface area is 156 Å². The minimum absolute atomic E-state index is 0.0701. The first-order valence-corrected chi connectivity index (χ1v) is 9.04. The number of nitrogens with zero attached hydrogens (tertiary/aromatic N) is 3. The van der Waals surface area contributed by atoms with Crippen molar-refractivity contribution in [2.24, 2.45) is 0 Å². The van der Waals surface area contributed by atoms with Gasteiger partial charge >= 0.3 is 0 Å². The second-order valence-corrected chi connectivity index (χ2v) is 7.00. The van der Waals surface area contributed by atoms with E-state index in [-0.39, 0.29) is 11.8 Å². The van der Waals surface area contributed by atoms with E-state index in [0.717, 1.165) is 0 Å². The Bertz CT molecular complexity index is 811. The molecule has 4 rings (SSSR count). The summed E-state index contributed by atoms with van der Waals surface area (Å²) >= 11 is 0. The number of anilines is 1.